The van der Waals surface area contributed by atoms with E-state index in [0.29, 0.717) is 72.8 Å². The standard InChI is InChI=1S/C42H52ClFN12O8S/c1-42(53-54-42)20-30(47-34(57)6-4-3-5-33-37-32(24-65-33)49-41(60)51-37)39(58)46-13-15-62-17-18-63-16-14-56-21-27(52-55-56)22-64-23-31-35(40(59)61-2)36(28-8-7-26(44)19-29(28)43)50-38(48-31)25-9-11-45-12-10-25/h7-12,19,21,30,32-33,36-37H,3-6,13-18,20,22-24H2,1-2H3,(H,46,58)(H,47,57)(H,48,50)(H2,49,51,60)/t30-,32-,33-,36?,37-/m0/s1. The molecule has 3 aromatic rings. The highest BCUT2D eigenvalue weighted by atomic mass is 35.5. The molecule has 2 saturated heterocycles. The van der Waals surface area contributed by atoms with Crippen molar-refractivity contribution < 1.29 is 42.5 Å². The molecule has 1 aromatic carbocycles. The van der Waals surface area contributed by atoms with Crippen LogP contribution in [0.2, 0.25) is 5.02 Å². The van der Waals surface area contributed by atoms with Gasteiger partial charge in [0.05, 0.1) is 82.8 Å². The largest absolute Gasteiger partial charge is 0.466 e. The summed E-state index contributed by atoms with van der Waals surface area (Å²) in [5.41, 5.74) is 1.51. The van der Waals surface area contributed by atoms with E-state index in [4.69, 9.17) is 35.5 Å². The van der Waals surface area contributed by atoms with Crippen molar-refractivity contribution in [1.82, 2.24) is 46.6 Å². The molecular formula is C42H52ClFN12O8S. The molecule has 0 radical (unpaired) electrons. The smallest absolute Gasteiger partial charge is 0.338 e. The van der Waals surface area contributed by atoms with Crippen molar-refractivity contribution in [3.63, 3.8) is 0 Å². The Kier molecular flexibility index (Phi) is 16.5. The van der Waals surface area contributed by atoms with Crippen molar-refractivity contribution in [3.8, 4) is 0 Å². The van der Waals surface area contributed by atoms with Gasteiger partial charge in [0.15, 0.2) is 5.66 Å². The molecule has 4 aliphatic heterocycles. The van der Waals surface area contributed by atoms with Crippen LogP contribution in [-0.4, -0.2) is 131 Å². The van der Waals surface area contributed by atoms with E-state index in [1.54, 1.807) is 35.4 Å². The number of nitrogens with one attached hydrogen (secondary N) is 5. The van der Waals surface area contributed by atoms with E-state index in [2.05, 4.69) is 52.1 Å². The second kappa shape index (κ2) is 22.6. The van der Waals surface area contributed by atoms with E-state index in [1.165, 1.54) is 19.2 Å². The second-order valence-corrected chi connectivity index (χ2v) is 17.6. The molecule has 2 fully saturated rings. The van der Waals surface area contributed by atoms with Crippen molar-refractivity contribution in [2.24, 2.45) is 15.2 Å². The summed E-state index contributed by atoms with van der Waals surface area (Å²) in [5, 5.41) is 31.6. The first-order valence-corrected chi connectivity index (χ1v) is 22.7. The molecule has 65 heavy (non-hydrogen) atoms. The van der Waals surface area contributed by atoms with Crippen LogP contribution >= 0.6 is 23.4 Å². The number of nitrogens with zero attached hydrogens (tertiary/aromatic N) is 7. The minimum Gasteiger partial charge on any atom is -0.466 e. The molecule has 20 nitrogen and oxygen atoms in total. The zero-order valence-corrected chi connectivity index (χ0v) is 37.5. The highest BCUT2D eigenvalue weighted by Gasteiger charge is 2.43. The van der Waals surface area contributed by atoms with Crippen LogP contribution in [0.4, 0.5) is 9.18 Å². The first kappa shape index (κ1) is 47.4. The average Bonchev–Trinajstić information content (AvgIpc) is 3.54. The fourth-order valence-electron chi connectivity index (χ4n) is 7.59. The number of rotatable bonds is 25. The summed E-state index contributed by atoms with van der Waals surface area (Å²) < 4.78 is 38.1. The monoisotopic (exact) mass is 938 g/mol. The SMILES string of the molecule is COC(=O)C1=C(COCc2cn(CCOCCOCCNC(=O)[C@H](CC3(C)N=N3)NC(=O)CCCC[C@@H]3SC[C@@H]4NC(=O)N[C@@H]43)nn2)NC(c2ccncc2)=NC1c1ccc(F)cc1Cl. The number of amides is 4. The molecule has 5 N–H and O–H groups in total. The van der Waals surface area contributed by atoms with E-state index in [9.17, 15) is 23.6 Å². The van der Waals surface area contributed by atoms with Crippen molar-refractivity contribution in [3.05, 3.63) is 87.9 Å². The summed E-state index contributed by atoms with van der Waals surface area (Å²) in [5.74, 6) is -0.391. The number of pyridine rings is 1. The first-order chi connectivity index (χ1) is 31.5. The number of hydrogen-bond acceptors (Lipinski definition) is 16. The Balaban J connectivity index is 0.784. The zero-order valence-electron chi connectivity index (χ0n) is 36.0. The molecule has 6 heterocycles. The van der Waals surface area contributed by atoms with Crippen LogP contribution < -0.4 is 26.6 Å². The van der Waals surface area contributed by atoms with Gasteiger partial charge in [0.2, 0.25) is 11.8 Å². The maximum absolute atomic E-state index is 14.0. The maximum Gasteiger partial charge on any atom is 0.338 e. The molecule has 0 aliphatic carbocycles. The number of hydrogen-bond donors (Lipinski definition) is 5. The summed E-state index contributed by atoms with van der Waals surface area (Å²) in [4.78, 5) is 59.5. The summed E-state index contributed by atoms with van der Waals surface area (Å²) in [6, 6.07) is 5.90. The Morgan fingerprint density at radius 3 is 2.62 bits per heavy atom. The molecule has 1 unspecified atom stereocenters. The van der Waals surface area contributed by atoms with Gasteiger partial charge in [-0.15, -0.1) is 5.10 Å². The van der Waals surface area contributed by atoms with Crippen LogP contribution in [-0.2, 0) is 46.5 Å². The number of methoxy groups -OCH3 is 1. The van der Waals surface area contributed by atoms with Gasteiger partial charge in [-0.05, 0) is 44.0 Å². The van der Waals surface area contributed by atoms with E-state index < -0.39 is 29.5 Å². The molecular weight excluding hydrogens is 887 g/mol. The first-order valence-electron chi connectivity index (χ1n) is 21.3. The van der Waals surface area contributed by atoms with Gasteiger partial charge in [-0.3, -0.25) is 19.6 Å². The Morgan fingerprint density at radius 1 is 1.05 bits per heavy atom. The lowest BCUT2D eigenvalue weighted by Gasteiger charge is -2.28. The van der Waals surface area contributed by atoms with E-state index in [1.807, 2.05) is 18.7 Å². The quantitative estimate of drug-likeness (QED) is 0.0466. The van der Waals surface area contributed by atoms with E-state index >= 15 is 0 Å². The molecule has 4 amide bonds. The third-order valence-corrected chi connectivity index (χ3v) is 12.8. The Hall–Kier alpha value is -5.55. The molecule has 0 saturated carbocycles. The van der Waals surface area contributed by atoms with Crippen LogP contribution in [0.25, 0.3) is 0 Å². The number of fused-ring (bicyclic) bond motifs is 1. The fourth-order valence-corrected chi connectivity index (χ4v) is 9.40. The summed E-state index contributed by atoms with van der Waals surface area (Å²) in [6.07, 6.45) is 7.93. The number of halogens is 2. The fraction of sp³-hybridized carbons (Fsp3) is 0.524. The number of aliphatic imine (C=N–C) groups is 1. The number of esters is 1. The minimum absolute atomic E-state index is 0.0589. The summed E-state index contributed by atoms with van der Waals surface area (Å²) in [7, 11) is 1.26. The number of benzene rings is 1. The van der Waals surface area contributed by atoms with Crippen LogP contribution in [0, 0.1) is 5.82 Å². The highest BCUT2D eigenvalue weighted by Crippen LogP contribution is 2.37. The van der Waals surface area contributed by atoms with Crippen molar-refractivity contribution in [1.29, 1.82) is 0 Å². The van der Waals surface area contributed by atoms with E-state index in [0.717, 1.165) is 24.7 Å². The minimum atomic E-state index is -0.918. The molecule has 0 bridgehead atoms. The number of thioether (sulfide) groups is 1. The van der Waals surface area contributed by atoms with Gasteiger partial charge in [0, 0.05) is 58.9 Å². The zero-order chi connectivity index (χ0) is 45.8. The number of amidine groups is 1. The Bertz CT molecular complexity index is 2260. The summed E-state index contributed by atoms with van der Waals surface area (Å²) in [6.45, 7) is 3.66. The lowest BCUT2D eigenvalue weighted by Crippen LogP contribution is -2.49. The van der Waals surface area contributed by atoms with Crippen LogP contribution in [0.5, 0.6) is 0 Å². The molecule has 5 atom stereocenters. The third kappa shape index (κ3) is 13.3. The highest BCUT2D eigenvalue weighted by molar-refractivity contribution is 8.00. The lowest BCUT2D eigenvalue weighted by molar-refractivity contribution is -0.136. The predicted octanol–water partition coefficient (Wildman–Crippen LogP) is 3.13. The molecule has 4 aliphatic rings. The number of aromatic nitrogens is 4. The van der Waals surface area contributed by atoms with Gasteiger partial charge < -0.3 is 45.5 Å². The van der Waals surface area contributed by atoms with E-state index in [-0.39, 0.29) is 73.3 Å². The van der Waals surface area contributed by atoms with Crippen molar-refractivity contribution in [2.45, 2.75) is 87.3 Å². The number of unbranched alkanes of at least 4 members (excludes halogenated alkanes) is 1. The molecule has 0 spiro atoms. The topological polar surface area (TPSA) is 246 Å². The van der Waals surface area contributed by atoms with Crippen LogP contribution in [0.1, 0.15) is 61.9 Å². The Labute approximate surface area is 383 Å². The van der Waals surface area contributed by atoms with Gasteiger partial charge in [-0.2, -0.15) is 22.0 Å². The van der Waals surface area contributed by atoms with Gasteiger partial charge in [-0.1, -0.05) is 29.3 Å². The van der Waals surface area contributed by atoms with Gasteiger partial charge in [0.1, 0.15) is 29.4 Å². The van der Waals surface area contributed by atoms with Gasteiger partial charge in [0.25, 0.3) is 0 Å². The van der Waals surface area contributed by atoms with Crippen LogP contribution in [0.3, 0.4) is 0 Å². The molecule has 7 rings (SSSR count). The number of carbonyl (C=O) groups is 4. The molecule has 348 valence electrons. The van der Waals surface area contributed by atoms with Crippen molar-refractivity contribution >= 4 is 53.0 Å². The lowest BCUT2D eigenvalue weighted by atomic mass is 9.95. The second-order valence-electron chi connectivity index (χ2n) is 15.9. The van der Waals surface area contributed by atoms with Gasteiger partial charge in [-0.25, -0.2) is 18.7 Å². The number of carbonyl (C=O) groups excluding carboxylic acids is 4. The van der Waals surface area contributed by atoms with Gasteiger partial charge >= 0.3 is 12.0 Å². The molecule has 2 aromatic heterocycles. The summed E-state index contributed by atoms with van der Waals surface area (Å²) >= 11 is 8.30. The van der Waals surface area contributed by atoms with Crippen molar-refractivity contribution in [2.75, 3.05) is 52.4 Å². The Morgan fingerprint density at radius 2 is 1.85 bits per heavy atom. The van der Waals surface area contributed by atoms with Crippen LogP contribution in [0.15, 0.2) is 75.4 Å². The molecule has 23 heteroatoms. The third-order valence-electron chi connectivity index (χ3n) is 11.0. The number of urea groups is 1. The average molecular weight is 939 g/mol. The number of ether oxygens (including phenoxy) is 4. The normalized spacial score (nSPS) is 20.9. The maximum atomic E-state index is 14.0. The predicted molar refractivity (Wildman–Crippen MR) is 235 cm³/mol.